The van der Waals surface area contributed by atoms with E-state index in [9.17, 15) is 19.5 Å². The molecule has 0 heterocycles. The van der Waals surface area contributed by atoms with Gasteiger partial charge in [0.2, 0.25) is 0 Å². The van der Waals surface area contributed by atoms with Crippen molar-refractivity contribution in [1.82, 2.24) is 9.80 Å². The second kappa shape index (κ2) is 14.7. The van der Waals surface area contributed by atoms with Crippen molar-refractivity contribution in [2.24, 2.45) is 11.8 Å². The van der Waals surface area contributed by atoms with Crippen LogP contribution in [0.5, 0.6) is 0 Å². The number of hydrogen-bond donors (Lipinski definition) is 1. The van der Waals surface area contributed by atoms with E-state index in [-0.39, 0.29) is 29.8 Å². The fourth-order valence-corrected chi connectivity index (χ4v) is 6.36. The van der Waals surface area contributed by atoms with E-state index >= 15 is 0 Å². The molecule has 8 heteroatoms. The fourth-order valence-electron chi connectivity index (χ4n) is 6.36. The van der Waals surface area contributed by atoms with Crippen LogP contribution in [0.3, 0.4) is 0 Å². The van der Waals surface area contributed by atoms with Crippen molar-refractivity contribution < 1.29 is 29.0 Å². The van der Waals surface area contributed by atoms with Crippen LogP contribution in [0, 0.1) is 11.8 Å². The first-order chi connectivity index (χ1) is 21.6. The molecule has 4 rings (SSSR count). The molecule has 0 saturated heterocycles. The molecule has 2 saturated carbocycles. The molecule has 0 unspecified atom stereocenters. The normalized spacial score (nSPS) is 21.7. The lowest BCUT2D eigenvalue weighted by Crippen LogP contribution is -2.46. The van der Waals surface area contributed by atoms with Gasteiger partial charge in [0, 0.05) is 31.1 Å². The van der Waals surface area contributed by atoms with Crippen LogP contribution < -0.4 is 0 Å². The van der Waals surface area contributed by atoms with E-state index in [1.165, 1.54) is 11.1 Å². The summed E-state index contributed by atoms with van der Waals surface area (Å²) in [5.74, 6) is -0.363. The molecule has 2 fully saturated rings. The zero-order valence-electron chi connectivity index (χ0n) is 28.6. The van der Waals surface area contributed by atoms with Crippen LogP contribution in [-0.2, 0) is 16.0 Å². The van der Waals surface area contributed by atoms with E-state index in [1.807, 2.05) is 64.6 Å². The van der Waals surface area contributed by atoms with Crippen LogP contribution >= 0.6 is 0 Å². The zero-order valence-corrected chi connectivity index (χ0v) is 28.6. The molecule has 0 radical (unpaired) electrons. The van der Waals surface area contributed by atoms with Crippen LogP contribution in [0.4, 0.5) is 9.59 Å². The number of ether oxygens (including phenoxy) is 2. The van der Waals surface area contributed by atoms with Gasteiger partial charge in [0.15, 0.2) is 0 Å². The lowest BCUT2D eigenvalue weighted by Gasteiger charge is -2.39. The molecule has 1 N–H and O–H groups in total. The summed E-state index contributed by atoms with van der Waals surface area (Å²) in [5.41, 5.74) is 2.38. The third-order valence-electron chi connectivity index (χ3n) is 8.71. The third kappa shape index (κ3) is 10.1. The molecule has 2 amide bonds. The van der Waals surface area contributed by atoms with E-state index < -0.39 is 17.2 Å². The Labute approximate surface area is 274 Å². The smallest absolute Gasteiger partial charge is 0.410 e. The van der Waals surface area contributed by atoms with Crippen LogP contribution in [0.25, 0.3) is 6.08 Å². The highest BCUT2D eigenvalue weighted by atomic mass is 16.6. The number of benzene rings is 2. The maximum absolute atomic E-state index is 13.6. The second-order valence-electron chi connectivity index (χ2n) is 14.8. The summed E-state index contributed by atoms with van der Waals surface area (Å²) in [4.78, 5) is 42.1. The molecule has 250 valence electrons. The number of aromatic carboxylic acids is 1. The number of carboxylic acids is 1. The summed E-state index contributed by atoms with van der Waals surface area (Å²) in [6, 6.07) is 17.1. The molecule has 8 nitrogen and oxygen atoms in total. The summed E-state index contributed by atoms with van der Waals surface area (Å²) in [6.45, 7) is 14.5. The van der Waals surface area contributed by atoms with Crippen molar-refractivity contribution in [2.45, 2.75) is 117 Å². The van der Waals surface area contributed by atoms with Crippen molar-refractivity contribution in [3.05, 3.63) is 76.9 Å². The third-order valence-corrected chi connectivity index (χ3v) is 8.71. The van der Waals surface area contributed by atoms with Gasteiger partial charge in [-0.05, 0) is 109 Å². The molecule has 2 aromatic carbocycles. The fraction of sp³-hybridized carbons (Fsp3) is 0.553. The molecule has 0 aromatic heterocycles. The quantitative estimate of drug-likeness (QED) is 0.281. The van der Waals surface area contributed by atoms with Crippen molar-refractivity contribution in [3.8, 4) is 0 Å². The average molecular weight is 633 g/mol. The van der Waals surface area contributed by atoms with E-state index in [1.54, 1.807) is 29.2 Å². The molecule has 0 spiro atoms. The van der Waals surface area contributed by atoms with Crippen LogP contribution in [-0.4, -0.2) is 62.9 Å². The maximum Gasteiger partial charge on any atom is 0.410 e. The van der Waals surface area contributed by atoms with Crippen molar-refractivity contribution in [1.29, 1.82) is 0 Å². The van der Waals surface area contributed by atoms with E-state index in [0.29, 0.717) is 24.9 Å². The Morgan fingerprint density at radius 2 is 1.39 bits per heavy atom. The molecule has 0 bridgehead atoms. The molecule has 0 aliphatic heterocycles. The van der Waals surface area contributed by atoms with Gasteiger partial charge >= 0.3 is 18.2 Å². The number of rotatable bonds is 10. The molecule has 2 atom stereocenters. The minimum Gasteiger partial charge on any atom is -0.478 e. The minimum atomic E-state index is -0.982. The van der Waals surface area contributed by atoms with E-state index in [4.69, 9.17) is 9.47 Å². The summed E-state index contributed by atoms with van der Waals surface area (Å²) < 4.78 is 11.7. The number of carboxylic acid groups (broad SMARTS) is 1. The number of hydrogen-bond acceptors (Lipinski definition) is 5. The van der Waals surface area contributed by atoms with Gasteiger partial charge in [-0.15, -0.1) is 0 Å². The summed E-state index contributed by atoms with van der Waals surface area (Å²) in [6.07, 6.45) is 6.85. The van der Waals surface area contributed by atoms with Gasteiger partial charge in [0.05, 0.1) is 5.56 Å². The van der Waals surface area contributed by atoms with Gasteiger partial charge < -0.3 is 24.4 Å². The Bertz CT molecular complexity index is 1360. The summed E-state index contributed by atoms with van der Waals surface area (Å²) in [5, 5.41) is 9.29. The molecule has 2 aliphatic carbocycles. The largest absolute Gasteiger partial charge is 0.478 e. The number of carbonyl (C=O) groups is 3. The number of carbonyl (C=O) groups excluding carboxylic acids is 2. The first-order valence-electron chi connectivity index (χ1n) is 16.7. The van der Waals surface area contributed by atoms with Gasteiger partial charge in [-0.2, -0.15) is 0 Å². The van der Waals surface area contributed by atoms with E-state index in [2.05, 4.69) is 25.1 Å². The minimum absolute atomic E-state index is 0.0191. The second-order valence-corrected chi connectivity index (χ2v) is 14.8. The topological polar surface area (TPSA) is 96.4 Å². The van der Waals surface area contributed by atoms with Crippen molar-refractivity contribution in [2.75, 3.05) is 6.54 Å². The Balaban J connectivity index is 1.46. The summed E-state index contributed by atoms with van der Waals surface area (Å²) in [7, 11) is 0. The Hall–Kier alpha value is -3.81. The monoisotopic (exact) mass is 632 g/mol. The van der Waals surface area contributed by atoms with Crippen LogP contribution in [0.1, 0.15) is 108 Å². The molecule has 2 aliphatic rings. The first-order valence-corrected chi connectivity index (χ1v) is 16.7. The highest BCUT2D eigenvalue weighted by molar-refractivity contribution is 5.87. The predicted octanol–water partition coefficient (Wildman–Crippen LogP) is 8.80. The predicted molar refractivity (Wildman–Crippen MR) is 180 cm³/mol. The Kier molecular flexibility index (Phi) is 11.2. The average Bonchev–Trinajstić information content (AvgIpc) is 3.77. The van der Waals surface area contributed by atoms with Gasteiger partial charge in [0.25, 0.3) is 0 Å². The highest BCUT2D eigenvalue weighted by Gasteiger charge is 2.47. The highest BCUT2D eigenvalue weighted by Crippen LogP contribution is 2.45. The number of amides is 2. The van der Waals surface area contributed by atoms with Crippen LogP contribution in [0.2, 0.25) is 0 Å². The SMILES string of the molecule is CC/C(=C\c1ccccc1)[C@@H]1C[C@H]1N(C[C@H]1CC[C@H](N(Cc2ccc(C(=O)O)cc2)C(=O)OC(C)(C)C)CC1)C(=O)OC(C)(C)C. The lowest BCUT2D eigenvalue weighted by atomic mass is 9.84. The Morgan fingerprint density at radius 1 is 0.826 bits per heavy atom. The van der Waals surface area contributed by atoms with Crippen molar-refractivity contribution >= 4 is 24.2 Å². The standard InChI is InChI=1S/C38H52N2O6/c1-8-29(22-26-12-10-9-11-13-26)32-23-33(32)40(36(44)46-38(5,6)7)25-28-16-20-31(21-17-28)39(35(43)45-37(2,3)4)24-27-14-18-30(19-15-27)34(41)42/h9-15,18-19,22,28,31-33H,8,16-17,20-21,23-25H2,1-7H3,(H,41,42)/b29-22+/t28-,31-,32-,33+/m0/s1. The zero-order chi connectivity index (χ0) is 33.6. The van der Waals surface area contributed by atoms with Gasteiger partial charge in [-0.1, -0.05) is 61.0 Å². The molecular formula is C38H52N2O6. The summed E-state index contributed by atoms with van der Waals surface area (Å²) >= 11 is 0. The molecular weight excluding hydrogens is 580 g/mol. The number of nitrogens with zero attached hydrogens (tertiary/aromatic N) is 2. The maximum atomic E-state index is 13.6. The van der Waals surface area contributed by atoms with E-state index in [0.717, 1.165) is 44.1 Å². The van der Waals surface area contributed by atoms with Gasteiger partial charge in [-0.25, -0.2) is 14.4 Å². The first kappa shape index (κ1) is 35.1. The van der Waals surface area contributed by atoms with Crippen LogP contribution in [0.15, 0.2) is 60.2 Å². The van der Waals surface area contributed by atoms with Crippen molar-refractivity contribution in [3.63, 3.8) is 0 Å². The lowest BCUT2D eigenvalue weighted by molar-refractivity contribution is 0.00499. The molecule has 2 aromatic rings. The van der Waals surface area contributed by atoms with Gasteiger partial charge in [-0.3, -0.25) is 0 Å². The molecule has 46 heavy (non-hydrogen) atoms. The Morgan fingerprint density at radius 3 is 1.91 bits per heavy atom. The van der Waals surface area contributed by atoms with Gasteiger partial charge in [0.1, 0.15) is 11.2 Å².